The van der Waals surface area contributed by atoms with Crippen LogP contribution < -0.4 is 15.8 Å². The minimum absolute atomic E-state index is 0.112. The molecule has 0 radical (unpaired) electrons. The number of aromatic nitrogens is 2. The first kappa shape index (κ1) is 17.4. The van der Waals surface area contributed by atoms with Gasteiger partial charge in [-0.05, 0) is 12.1 Å². The van der Waals surface area contributed by atoms with E-state index < -0.39 is 11.4 Å². The molecule has 25 heavy (non-hydrogen) atoms. The van der Waals surface area contributed by atoms with Crippen molar-refractivity contribution in [3.05, 3.63) is 51.7 Å². The highest BCUT2D eigenvalue weighted by molar-refractivity contribution is 6.33. The first-order valence-corrected chi connectivity index (χ1v) is 8.17. The van der Waals surface area contributed by atoms with Crippen molar-refractivity contribution in [3.63, 3.8) is 0 Å². The molecule has 0 saturated carbocycles. The van der Waals surface area contributed by atoms with Crippen molar-refractivity contribution in [3.8, 4) is 0 Å². The molecule has 1 aliphatic heterocycles. The zero-order valence-corrected chi connectivity index (χ0v) is 14.1. The number of nitrogens with one attached hydrogen (secondary N) is 2. The van der Waals surface area contributed by atoms with Gasteiger partial charge < -0.3 is 10.2 Å². The summed E-state index contributed by atoms with van der Waals surface area (Å²) in [4.78, 5) is 27.5. The van der Waals surface area contributed by atoms with E-state index in [0.717, 1.165) is 0 Å². The molecule has 1 aromatic carbocycles. The van der Waals surface area contributed by atoms with E-state index in [1.165, 1.54) is 18.3 Å². The Balaban J connectivity index is 1.54. The summed E-state index contributed by atoms with van der Waals surface area (Å²) in [7, 11) is 0. The number of nitrogens with zero attached hydrogens (tertiary/aromatic N) is 3. The lowest BCUT2D eigenvalue weighted by atomic mass is 10.2. The number of carbonyl (C=O) groups excluding carboxylic acids is 1. The lowest BCUT2D eigenvalue weighted by Gasteiger charge is -2.35. The van der Waals surface area contributed by atoms with Gasteiger partial charge in [0.15, 0.2) is 0 Å². The van der Waals surface area contributed by atoms with E-state index in [1.54, 1.807) is 12.1 Å². The van der Waals surface area contributed by atoms with Crippen LogP contribution in [-0.4, -0.2) is 53.7 Å². The molecule has 3 rings (SSSR count). The van der Waals surface area contributed by atoms with Gasteiger partial charge in [-0.1, -0.05) is 23.7 Å². The van der Waals surface area contributed by atoms with E-state index in [-0.39, 0.29) is 23.2 Å². The van der Waals surface area contributed by atoms with Crippen LogP contribution in [0.1, 0.15) is 0 Å². The number of anilines is 2. The number of carbonyl (C=O) groups is 1. The third-order valence-electron chi connectivity index (χ3n) is 4.01. The number of H-pyrrole nitrogens is 1. The predicted molar refractivity (Wildman–Crippen MR) is 93.6 cm³/mol. The molecule has 1 amide bonds. The Labute approximate surface area is 148 Å². The number of rotatable bonds is 4. The van der Waals surface area contributed by atoms with Gasteiger partial charge in [-0.3, -0.25) is 14.5 Å². The SMILES string of the molecule is O=C(CN1CCN(c2cn[nH]c(=O)c2Cl)CC1)Nc1ccccc1F. The summed E-state index contributed by atoms with van der Waals surface area (Å²) in [5.41, 5.74) is 0.333. The molecule has 1 saturated heterocycles. The van der Waals surface area contributed by atoms with Crippen LogP contribution in [0.2, 0.25) is 5.02 Å². The van der Waals surface area contributed by atoms with Gasteiger partial charge in [0.1, 0.15) is 10.8 Å². The fourth-order valence-corrected chi connectivity index (χ4v) is 2.91. The van der Waals surface area contributed by atoms with Crippen LogP contribution >= 0.6 is 11.6 Å². The maximum atomic E-state index is 13.6. The quantitative estimate of drug-likeness (QED) is 0.854. The second-order valence-corrected chi connectivity index (χ2v) is 6.07. The summed E-state index contributed by atoms with van der Waals surface area (Å²) < 4.78 is 13.6. The lowest BCUT2D eigenvalue weighted by Crippen LogP contribution is -2.49. The number of aromatic amines is 1. The van der Waals surface area contributed by atoms with Crippen molar-refractivity contribution in [1.29, 1.82) is 0 Å². The number of piperazine rings is 1. The molecule has 1 aliphatic rings. The molecule has 0 aliphatic carbocycles. The molecule has 0 bridgehead atoms. The smallest absolute Gasteiger partial charge is 0.285 e. The summed E-state index contributed by atoms with van der Waals surface area (Å²) in [6.45, 7) is 2.63. The van der Waals surface area contributed by atoms with E-state index in [1.807, 2.05) is 9.80 Å². The molecule has 0 spiro atoms. The van der Waals surface area contributed by atoms with Crippen molar-refractivity contribution in [2.75, 3.05) is 42.9 Å². The van der Waals surface area contributed by atoms with Gasteiger partial charge >= 0.3 is 0 Å². The van der Waals surface area contributed by atoms with Crippen LogP contribution in [0.5, 0.6) is 0 Å². The van der Waals surface area contributed by atoms with Crippen LogP contribution in [0.4, 0.5) is 15.8 Å². The molecular formula is C16H17ClFN5O2. The van der Waals surface area contributed by atoms with Crippen LogP contribution in [0.25, 0.3) is 0 Å². The van der Waals surface area contributed by atoms with Crippen molar-refractivity contribution in [2.24, 2.45) is 0 Å². The van der Waals surface area contributed by atoms with Gasteiger partial charge in [-0.25, -0.2) is 9.49 Å². The molecule has 0 atom stereocenters. The topological polar surface area (TPSA) is 81.3 Å². The largest absolute Gasteiger partial charge is 0.366 e. The standard InChI is InChI=1S/C16H17ClFN5O2/c17-15-13(9-19-21-16(15)25)23-7-5-22(6-8-23)10-14(24)20-12-4-2-1-3-11(12)18/h1-4,9H,5-8,10H2,(H,20,24)(H,21,25). The van der Waals surface area contributed by atoms with E-state index in [2.05, 4.69) is 15.5 Å². The normalized spacial score (nSPS) is 15.2. The summed E-state index contributed by atoms with van der Waals surface area (Å²) in [6, 6.07) is 6.05. The van der Waals surface area contributed by atoms with Crippen LogP contribution in [-0.2, 0) is 4.79 Å². The average Bonchev–Trinajstić information content (AvgIpc) is 2.60. The minimum Gasteiger partial charge on any atom is -0.366 e. The first-order chi connectivity index (χ1) is 12.0. The third-order valence-corrected chi connectivity index (χ3v) is 4.37. The number of para-hydroxylation sites is 1. The fraction of sp³-hybridized carbons (Fsp3) is 0.312. The van der Waals surface area contributed by atoms with Crippen molar-refractivity contribution in [2.45, 2.75) is 0 Å². The fourth-order valence-electron chi connectivity index (χ4n) is 2.70. The average molecular weight is 366 g/mol. The van der Waals surface area contributed by atoms with Crippen molar-refractivity contribution in [1.82, 2.24) is 15.1 Å². The molecule has 1 aromatic heterocycles. The Morgan fingerprint density at radius 1 is 1.28 bits per heavy atom. The maximum absolute atomic E-state index is 13.6. The summed E-state index contributed by atoms with van der Waals surface area (Å²) >= 11 is 6.01. The van der Waals surface area contributed by atoms with Crippen LogP contribution in [0.15, 0.2) is 35.3 Å². The molecule has 9 heteroatoms. The molecule has 0 unspecified atom stereocenters. The Morgan fingerprint density at radius 3 is 2.72 bits per heavy atom. The molecule has 2 N–H and O–H groups in total. The molecule has 132 valence electrons. The zero-order valence-electron chi connectivity index (χ0n) is 13.3. The number of hydrogen-bond acceptors (Lipinski definition) is 5. The zero-order chi connectivity index (χ0) is 17.8. The predicted octanol–water partition coefficient (Wildman–Crippen LogP) is 1.32. The number of halogens is 2. The Kier molecular flexibility index (Phi) is 5.30. The second-order valence-electron chi connectivity index (χ2n) is 5.69. The van der Waals surface area contributed by atoms with Gasteiger partial charge in [0.2, 0.25) is 5.91 Å². The number of hydrogen-bond donors (Lipinski definition) is 2. The van der Waals surface area contributed by atoms with Crippen molar-refractivity contribution < 1.29 is 9.18 Å². The summed E-state index contributed by atoms with van der Waals surface area (Å²) in [5.74, 6) is -0.730. The van der Waals surface area contributed by atoms with Gasteiger partial charge in [-0.15, -0.1) is 0 Å². The van der Waals surface area contributed by atoms with Gasteiger partial charge in [0.25, 0.3) is 5.56 Å². The lowest BCUT2D eigenvalue weighted by molar-refractivity contribution is -0.117. The molecular weight excluding hydrogens is 349 g/mol. The van der Waals surface area contributed by atoms with Gasteiger partial charge in [-0.2, -0.15) is 5.10 Å². The maximum Gasteiger partial charge on any atom is 0.285 e. The highest BCUT2D eigenvalue weighted by Gasteiger charge is 2.22. The highest BCUT2D eigenvalue weighted by atomic mass is 35.5. The second kappa shape index (κ2) is 7.62. The van der Waals surface area contributed by atoms with Gasteiger partial charge in [0, 0.05) is 26.2 Å². The summed E-state index contributed by atoms with van der Waals surface area (Å²) in [5, 5.41) is 8.73. The van der Waals surface area contributed by atoms with E-state index in [4.69, 9.17) is 11.6 Å². The molecule has 7 nitrogen and oxygen atoms in total. The van der Waals surface area contributed by atoms with Crippen LogP contribution in [0.3, 0.4) is 0 Å². The first-order valence-electron chi connectivity index (χ1n) is 7.79. The van der Waals surface area contributed by atoms with Crippen LogP contribution in [0, 0.1) is 5.82 Å². The van der Waals surface area contributed by atoms with Crippen molar-refractivity contribution >= 4 is 28.9 Å². The molecule has 2 aromatic rings. The van der Waals surface area contributed by atoms with E-state index >= 15 is 0 Å². The van der Waals surface area contributed by atoms with Gasteiger partial charge in [0.05, 0.1) is 24.1 Å². The number of amides is 1. The number of benzene rings is 1. The molecule has 1 fully saturated rings. The Hall–Kier alpha value is -2.45. The Bertz CT molecular complexity index is 820. The molecule has 2 heterocycles. The summed E-state index contributed by atoms with van der Waals surface area (Å²) in [6.07, 6.45) is 1.52. The minimum atomic E-state index is -0.461. The van der Waals surface area contributed by atoms with E-state index in [0.29, 0.717) is 31.9 Å². The monoisotopic (exact) mass is 365 g/mol. The Morgan fingerprint density at radius 2 is 2.00 bits per heavy atom. The van der Waals surface area contributed by atoms with E-state index in [9.17, 15) is 14.0 Å². The highest BCUT2D eigenvalue weighted by Crippen LogP contribution is 2.21. The third kappa shape index (κ3) is 4.15.